The van der Waals surface area contributed by atoms with E-state index >= 15 is 0 Å². The van der Waals surface area contributed by atoms with Crippen LogP contribution in [0.4, 0.5) is 4.39 Å². The molecule has 1 amide bonds. The number of aliphatic hydroxyl groups is 1. The van der Waals surface area contributed by atoms with Gasteiger partial charge in [-0.25, -0.2) is 4.39 Å². The SMILES string of the molecule is CC(CC(O)c1ccc(F)cc1)NC(=O)C1(C)CCCCN1.Cl. The Morgan fingerprint density at radius 3 is 2.61 bits per heavy atom. The lowest BCUT2D eigenvalue weighted by Crippen LogP contribution is -2.58. The third-order valence-electron chi connectivity index (χ3n) is 4.33. The minimum atomic E-state index is -0.719. The second-order valence-corrected chi connectivity index (χ2v) is 6.39. The molecule has 4 nitrogen and oxygen atoms in total. The van der Waals surface area contributed by atoms with Crippen LogP contribution in [0.1, 0.15) is 51.2 Å². The second-order valence-electron chi connectivity index (χ2n) is 6.39. The van der Waals surface area contributed by atoms with Crippen molar-refractivity contribution >= 4 is 18.3 Å². The number of benzene rings is 1. The van der Waals surface area contributed by atoms with Crippen molar-refractivity contribution in [1.29, 1.82) is 0 Å². The molecule has 1 heterocycles. The van der Waals surface area contributed by atoms with Crippen molar-refractivity contribution in [3.05, 3.63) is 35.6 Å². The summed E-state index contributed by atoms with van der Waals surface area (Å²) in [5, 5.41) is 16.4. The van der Waals surface area contributed by atoms with E-state index in [4.69, 9.17) is 0 Å². The first kappa shape index (κ1) is 19.9. The highest BCUT2D eigenvalue weighted by atomic mass is 35.5. The second kappa shape index (κ2) is 8.62. The van der Waals surface area contributed by atoms with Gasteiger partial charge in [-0.2, -0.15) is 0 Å². The van der Waals surface area contributed by atoms with Gasteiger partial charge in [-0.1, -0.05) is 12.1 Å². The number of piperidine rings is 1. The molecule has 130 valence electrons. The Bertz CT molecular complexity index is 504. The number of amides is 1. The third kappa shape index (κ3) is 5.44. The standard InChI is InChI=1S/C17H25FN2O2.ClH/c1-12(11-15(21)13-5-7-14(18)8-6-13)20-16(22)17(2)9-3-4-10-19-17;/h5-8,12,15,19,21H,3-4,9-11H2,1-2H3,(H,20,22);1H. The number of aliphatic hydroxyl groups excluding tert-OH is 1. The van der Waals surface area contributed by atoms with Crippen LogP contribution in [0.2, 0.25) is 0 Å². The molecule has 23 heavy (non-hydrogen) atoms. The van der Waals surface area contributed by atoms with E-state index in [9.17, 15) is 14.3 Å². The molecule has 0 spiro atoms. The highest BCUT2D eigenvalue weighted by molar-refractivity contribution is 5.86. The fourth-order valence-electron chi connectivity index (χ4n) is 2.85. The maximum absolute atomic E-state index is 12.9. The average Bonchev–Trinajstić information content (AvgIpc) is 2.48. The van der Waals surface area contributed by atoms with E-state index < -0.39 is 11.6 Å². The normalized spacial score (nSPS) is 23.5. The summed E-state index contributed by atoms with van der Waals surface area (Å²) in [6.45, 7) is 4.65. The molecular weight excluding hydrogens is 319 g/mol. The molecule has 3 N–H and O–H groups in total. The van der Waals surface area contributed by atoms with E-state index in [1.807, 2.05) is 13.8 Å². The first-order chi connectivity index (χ1) is 10.4. The molecular formula is C17H26ClFN2O2. The van der Waals surface area contributed by atoms with Gasteiger partial charge in [0.1, 0.15) is 5.82 Å². The Kier molecular flexibility index (Phi) is 7.45. The highest BCUT2D eigenvalue weighted by Crippen LogP contribution is 2.21. The van der Waals surface area contributed by atoms with Gasteiger partial charge in [0.05, 0.1) is 11.6 Å². The van der Waals surface area contributed by atoms with Crippen molar-refractivity contribution < 1.29 is 14.3 Å². The zero-order chi connectivity index (χ0) is 16.2. The molecule has 1 fully saturated rings. The molecule has 0 saturated carbocycles. The van der Waals surface area contributed by atoms with Gasteiger partial charge in [0.15, 0.2) is 0 Å². The molecule has 3 unspecified atom stereocenters. The van der Waals surface area contributed by atoms with E-state index in [1.165, 1.54) is 12.1 Å². The number of nitrogens with one attached hydrogen (secondary N) is 2. The Labute approximate surface area is 143 Å². The number of rotatable bonds is 5. The molecule has 1 aliphatic heterocycles. The lowest BCUT2D eigenvalue weighted by molar-refractivity contribution is -0.128. The van der Waals surface area contributed by atoms with E-state index in [2.05, 4.69) is 10.6 Å². The summed E-state index contributed by atoms with van der Waals surface area (Å²) >= 11 is 0. The quantitative estimate of drug-likeness (QED) is 0.769. The van der Waals surface area contributed by atoms with Gasteiger partial charge in [0.2, 0.25) is 5.91 Å². The Hall–Kier alpha value is -1.17. The van der Waals surface area contributed by atoms with Gasteiger partial charge in [-0.05, 0) is 63.8 Å². The summed E-state index contributed by atoms with van der Waals surface area (Å²) in [6.07, 6.45) is 2.65. The predicted molar refractivity (Wildman–Crippen MR) is 91.1 cm³/mol. The largest absolute Gasteiger partial charge is 0.388 e. The molecule has 1 saturated heterocycles. The topological polar surface area (TPSA) is 61.4 Å². The smallest absolute Gasteiger partial charge is 0.240 e. The Morgan fingerprint density at radius 1 is 1.39 bits per heavy atom. The van der Waals surface area contributed by atoms with Crippen LogP contribution in [0.3, 0.4) is 0 Å². The fourth-order valence-corrected chi connectivity index (χ4v) is 2.85. The minimum Gasteiger partial charge on any atom is -0.388 e. The molecule has 1 aliphatic rings. The van der Waals surface area contributed by atoms with Crippen molar-refractivity contribution in [1.82, 2.24) is 10.6 Å². The minimum absolute atomic E-state index is 0. The van der Waals surface area contributed by atoms with E-state index in [-0.39, 0.29) is 30.2 Å². The van der Waals surface area contributed by atoms with Crippen molar-refractivity contribution in [3.8, 4) is 0 Å². The summed E-state index contributed by atoms with van der Waals surface area (Å²) in [4.78, 5) is 12.4. The van der Waals surface area contributed by atoms with Gasteiger partial charge < -0.3 is 15.7 Å². The zero-order valence-corrected chi connectivity index (χ0v) is 14.5. The molecule has 2 rings (SSSR count). The van der Waals surface area contributed by atoms with Crippen LogP contribution < -0.4 is 10.6 Å². The van der Waals surface area contributed by atoms with Crippen molar-refractivity contribution in [2.75, 3.05) is 6.54 Å². The molecule has 6 heteroatoms. The molecule has 1 aromatic rings. The van der Waals surface area contributed by atoms with Gasteiger partial charge in [0.25, 0.3) is 0 Å². The maximum atomic E-state index is 12.9. The summed E-state index contributed by atoms with van der Waals surface area (Å²) in [5.74, 6) is -0.348. The van der Waals surface area contributed by atoms with Crippen LogP contribution in [-0.4, -0.2) is 29.1 Å². The summed E-state index contributed by atoms with van der Waals surface area (Å²) in [6, 6.07) is 5.63. The van der Waals surface area contributed by atoms with E-state index in [0.29, 0.717) is 12.0 Å². The van der Waals surface area contributed by atoms with Crippen molar-refractivity contribution in [2.24, 2.45) is 0 Å². The molecule has 0 bridgehead atoms. The number of hydrogen-bond donors (Lipinski definition) is 3. The Morgan fingerprint density at radius 2 is 2.04 bits per heavy atom. The van der Waals surface area contributed by atoms with Crippen LogP contribution in [0.5, 0.6) is 0 Å². The molecule has 1 aromatic carbocycles. The van der Waals surface area contributed by atoms with E-state index in [1.54, 1.807) is 12.1 Å². The third-order valence-corrected chi connectivity index (χ3v) is 4.33. The lowest BCUT2D eigenvalue weighted by atomic mass is 9.89. The van der Waals surface area contributed by atoms with Crippen LogP contribution in [-0.2, 0) is 4.79 Å². The molecule has 0 aromatic heterocycles. The number of hydrogen-bond acceptors (Lipinski definition) is 3. The average molecular weight is 345 g/mol. The number of carbonyl (C=O) groups is 1. The summed E-state index contributed by atoms with van der Waals surface area (Å²) in [5.41, 5.74) is 0.136. The maximum Gasteiger partial charge on any atom is 0.240 e. The van der Waals surface area contributed by atoms with Crippen molar-refractivity contribution in [2.45, 2.75) is 57.2 Å². The van der Waals surface area contributed by atoms with Crippen LogP contribution in [0, 0.1) is 5.82 Å². The summed E-state index contributed by atoms with van der Waals surface area (Å²) in [7, 11) is 0. The molecule has 0 aliphatic carbocycles. The number of halogens is 2. The fraction of sp³-hybridized carbons (Fsp3) is 0.588. The molecule has 0 radical (unpaired) electrons. The first-order valence-corrected chi connectivity index (χ1v) is 7.90. The van der Waals surface area contributed by atoms with Gasteiger partial charge in [0, 0.05) is 6.04 Å². The number of carbonyl (C=O) groups excluding carboxylic acids is 1. The van der Waals surface area contributed by atoms with Crippen LogP contribution in [0.25, 0.3) is 0 Å². The van der Waals surface area contributed by atoms with Gasteiger partial charge >= 0.3 is 0 Å². The van der Waals surface area contributed by atoms with Crippen molar-refractivity contribution in [3.63, 3.8) is 0 Å². The Balaban J connectivity index is 0.00000264. The van der Waals surface area contributed by atoms with E-state index in [0.717, 1.165) is 25.8 Å². The van der Waals surface area contributed by atoms with Crippen LogP contribution >= 0.6 is 12.4 Å². The monoisotopic (exact) mass is 344 g/mol. The first-order valence-electron chi connectivity index (χ1n) is 7.90. The molecule has 3 atom stereocenters. The lowest BCUT2D eigenvalue weighted by Gasteiger charge is -2.34. The zero-order valence-electron chi connectivity index (χ0n) is 13.6. The summed E-state index contributed by atoms with van der Waals surface area (Å²) < 4.78 is 12.9. The van der Waals surface area contributed by atoms with Gasteiger partial charge in [-0.15, -0.1) is 12.4 Å². The van der Waals surface area contributed by atoms with Crippen LogP contribution in [0.15, 0.2) is 24.3 Å². The predicted octanol–water partition coefficient (Wildman–Crippen LogP) is 2.71. The van der Waals surface area contributed by atoms with Gasteiger partial charge in [-0.3, -0.25) is 4.79 Å². The highest BCUT2D eigenvalue weighted by Gasteiger charge is 2.34.